The Hall–Kier alpha value is -1.94. The van der Waals surface area contributed by atoms with Gasteiger partial charge in [0.15, 0.2) is 0 Å². The van der Waals surface area contributed by atoms with Gasteiger partial charge in [-0.1, -0.05) is 80.5 Å². The summed E-state index contributed by atoms with van der Waals surface area (Å²) in [6.45, 7) is 11.1. The molecule has 0 saturated heterocycles. The number of unbranched alkanes of at least 4 members (excludes halogenated alkanes) is 1. The highest BCUT2D eigenvalue weighted by Crippen LogP contribution is 2.59. The fourth-order valence-corrected chi connectivity index (χ4v) is 8.45. The quantitative estimate of drug-likeness (QED) is 0.277. The van der Waals surface area contributed by atoms with Crippen molar-refractivity contribution in [2.45, 2.75) is 128 Å². The van der Waals surface area contributed by atoms with Crippen molar-refractivity contribution >= 4 is 0 Å². The second kappa shape index (κ2) is 12.1. The SMILES string of the molecule is C=C1/C(=C\C=C2/CCC[C@]3(C)[C@@H](C(C)=CC[C@@H](O)C4(c5ccc(CCCC)cc5)CC4)CC[C@@H]23)C[C@@H](O)C[C@@H]1O. The van der Waals surface area contributed by atoms with E-state index in [9.17, 15) is 15.3 Å². The summed E-state index contributed by atoms with van der Waals surface area (Å²) in [5.74, 6) is 1.13. The summed E-state index contributed by atoms with van der Waals surface area (Å²) in [5, 5.41) is 31.8. The second-order valence-corrected chi connectivity index (χ2v) is 13.8. The molecular formula is C37H52O3. The molecule has 0 aromatic heterocycles. The van der Waals surface area contributed by atoms with Crippen LogP contribution in [0.25, 0.3) is 0 Å². The minimum atomic E-state index is -0.635. The van der Waals surface area contributed by atoms with Crippen LogP contribution < -0.4 is 0 Å². The maximum absolute atomic E-state index is 11.4. The molecule has 4 saturated carbocycles. The lowest BCUT2D eigenvalue weighted by Crippen LogP contribution is -2.34. The Kier molecular flexibility index (Phi) is 8.95. The van der Waals surface area contributed by atoms with E-state index in [1.165, 1.54) is 60.8 Å². The molecule has 4 aliphatic rings. The second-order valence-electron chi connectivity index (χ2n) is 13.8. The summed E-state index contributed by atoms with van der Waals surface area (Å²) in [4.78, 5) is 0. The topological polar surface area (TPSA) is 60.7 Å². The molecular weight excluding hydrogens is 492 g/mol. The fourth-order valence-electron chi connectivity index (χ4n) is 8.45. The van der Waals surface area contributed by atoms with Gasteiger partial charge in [0.1, 0.15) is 0 Å². The lowest BCUT2D eigenvalue weighted by Gasteiger charge is -2.43. The standard InChI is InChI=1S/C37H52O3/c1-5-6-8-27-11-15-30(16-12-27)37(21-22-37)35(40)19-10-25(2)32-17-18-33-28(9-7-20-36(32,33)4)13-14-29-23-31(38)24-34(39)26(29)3/h10-16,31-35,38-40H,3,5-9,17-24H2,1-2,4H3/b25-10?,28-13+,29-14-/t31-,32-,33+,34+,35-,36-/m1/s1. The summed E-state index contributed by atoms with van der Waals surface area (Å²) in [6, 6.07) is 9.10. The first-order chi connectivity index (χ1) is 19.2. The van der Waals surface area contributed by atoms with Gasteiger partial charge < -0.3 is 15.3 Å². The van der Waals surface area contributed by atoms with Gasteiger partial charge in [-0.2, -0.15) is 0 Å². The first kappa shape index (κ1) is 29.5. The molecule has 5 rings (SSSR count). The molecule has 1 aromatic carbocycles. The number of aliphatic hydroxyl groups is 3. The third-order valence-corrected chi connectivity index (χ3v) is 11.2. The van der Waals surface area contributed by atoms with Gasteiger partial charge in [-0.15, -0.1) is 0 Å². The van der Waals surface area contributed by atoms with Gasteiger partial charge in [-0.3, -0.25) is 0 Å². The highest BCUT2D eigenvalue weighted by Gasteiger charge is 2.51. The van der Waals surface area contributed by atoms with E-state index < -0.39 is 12.2 Å². The molecule has 0 unspecified atom stereocenters. The normalized spacial score (nSPS) is 34.8. The van der Waals surface area contributed by atoms with Crippen LogP contribution in [-0.4, -0.2) is 33.6 Å². The molecule has 1 aromatic rings. The zero-order valence-electron chi connectivity index (χ0n) is 25.2. The van der Waals surface area contributed by atoms with Crippen molar-refractivity contribution in [3.8, 4) is 0 Å². The average molecular weight is 545 g/mol. The first-order valence-corrected chi connectivity index (χ1v) is 16.1. The van der Waals surface area contributed by atoms with Crippen molar-refractivity contribution in [2.24, 2.45) is 17.3 Å². The number of fused-ring (bicyclic) bond motifs is 1. The number of benzene rings is 1. The van der Waals surface area contributed by atoms with Gasteiger partial charge in [0.2, 0.25) is 0 Å². The van der Waals surface area contributed by atoms with E-state index in [0.717, 1.165) is 43.3 Å². The molecule has 3 nitrogen and oxygen atoms in total. The summed E-state index contributed by atoms with van der Waals surface area (Å²) >= 11 is 0. The fraction of sp³-hybridized carbons (Fsp3) is 0.622. The number of rotatable bonds is 9. The lowest BCUT2D eigenvalue weighted by molar-refractivity contribution is 0.0862. The minimum absolute atomic E-state index is 0.0549. The first-order valence-electron chi connectivity index (χ1n) is 16.1. The van der Waals surface area contributed by atoms with Gasteiger partial charge in [0.25, 0.3) is 0 Å². The van der Waals surface area contributed by atoms with Crippen molar-refractivity contribution in [3.05, 3.63) is 82.5 Å². The molecule has 3 N–H and O–H groups in total. The van der Waals surface area contributed by atoms with Gasteiger partial charge in [-0.25, -0.2) is 0 Å². The molecule has 0 heterocycles. The van der Waals surface area contributed by atoms with E-state index in [2.05, 4.69) is 69.8 Å². The van der Waals surface area contributed by atoms with Crippen molar-refractivity contribution in [1.29, 1.82) is 0 Å². The summed E-state index contributed by atoms with van der Waals surface area (Å²) < 4.78 is 0. The predicted octanol–water partition coefficient (Wildman–Crippen LogP) is 7.90. The molecule has 4 aliphatic carbocycles. The average Bonchev–Trinajstić information content (AvgIpc) is 3.67. The molecule has 0 amide bonds. The Morgan fingerprint density at radius 2 is 1.85 bits per heavy atom. The maximum Gasteiger partial charge on any atom is 0.0811 e. The Balaban J connectivity index is 1.25. The predicted molar refractivity (Wildman–Crippen MR) is 165 cm³/mol. The van der Waals surface area contributed by atoms with Crippen LogP contribution in [0.2, 0.25) is 0 Å². The monoisotopic (exact) mass is 544 g/mol. The van der Waals surface area contributed by atoms with Gasteiger partial charge in [0.05, 0.1) is 18.3 Å². The van der Waals surface area contributed by atoms with Crippen molar-refractivity contribution < 1.29 is 15.3 Å². The minimum Gasteiger partial charge on any atom is -0.393 e. The van der Waals surface area contributed by atoms with Crippen LogP contribution in [0.15, 0.2) is 71.4 Å². The molecule has 4 fully saturated rings. The number of hydrogen-bond donors (Lipinski definition) is 3. The lowest BCUT2D eigenvalue weighted by atomic mass is 9.62. The van der Waals surface area contributed by atoms with Crippen LogP contribution in [0.4, 0.5) is 0 Å². The number of aliphatic hydroxyl groups excluding tert-OH is 3. The van der Waals surface area contributed by atoms with E-state index in [0.29, 0.717) is 24.7 Å². The zero-order chi connectivity index (χ0) is 28.5. The summed E-state index contributed by atoms with van der Waals surface area (Å²) in [7, 11) is 0. The molecule has 218 valence electrons. The van der Waals surface area contributed by atoms with E-state index >= 15 is 0 Å². The Labute approximate surface area is 242 Å². The van der Waals surface area contributed by atoms with Crippen LogP contribution in [0.3, 0.4) is 0 Å². The molecule has 0 bridgehead atoms. The molecule has 0 spiro atoms. The Morgan fingerprint density at radius 3 is 2.55 bits per heavy atom. The number of allylic oxidation sites excluding steroid dienone is 4. The molecule has 40 heavy (non-hydrogen) atoms. The van der Waals surface area contributed by atoms with Crippen molar-refractivity contribution in [2.75, 3.05) is 0 Å². The van der Waals surface area contributed by atoms with Gasteiger partial charge >= 0.3 is 0 Å². The highest BCUT2D eigenvalue weighted by atomic mass is 16.3. The number of hydrogen-bond acceptors (Lipinski definition) is 3. The molecule has 0 radical (unpaired) electrons. The third kappa shape index (κ3) is 5.85. The van der Waals surface area contributed by atoms with E-state index in [1.54, 1.807) is 0 Å². The third-order valence-electron chi connectivity index (χ3n) is 11.2. The summed E-state index contributed by atoms with van der Waals surface area (Å²) in [6.07, 6.45) is 18.8. The highest BCUT2D eigenvalue weighted by molar-refractivity contribution is 5.39. The van der Waals surface area contributed by atoms with Crippen LogP contribution in [0.1, 0.15) is 109 Å². The zero-order valence-corrected chi connectivity index (χ0v) is 25.2. The molecule has 6 atom stereocenters. The van der Waals surface area contributed by atoms with Crippen molar-refractivity contribution in [1.82, 2.24) is 0 Å². The van der Waals surface area contributed by atoms with E-state index in [4.69, 9.17) is 0 Å². The Morgan fingerprint density at radius 1 is 1.10 bits per heavy atom. The summed E-state index contributed by atoms with van der Waals surface area (Å²) in [5.41, 5.74) is 7.67. The van der Waals surface area contributed by atoms with Gasteiger partial charge in [-0.05, 0) is 117 Å². The van der Waals surface area contributed by atoms with Crippen LogP contribution in [0.5, 0.6) is 0 Å². The molecule has 0 aliphatic heterocycles. The van der Waals surface area contributed by atoms with Gasteiger partial charge in [0, 0.05) is 11.8 Å². The maximum atomic E-state index is 11.4. The van der Waals surface area contributed by atoms with Crippen LogP contribution in [0, 0.1) is 17.3 Å². The number of aryl methyl sites for hydroxylation is 1. The van der Waals surface area contributed by atoms with Crippen LogP contribution in [-0.2, 0) is 11.8 Å². The Bertz CT molecular complexity index is 1150. The molecule has 3 heteroatoms. The van der Waals surface area contributed by atoms with Crippen LogP contribution >= 0.6 is 0 Å². The van der Waals surface area contributed by atoms with E-state index in [-0.39, 0.29) is 16.9 Å². The smallest absolute Gasteiger partial charge is 0.0811 e. The largest absolute Gasteiger partial charge is 0.393 e. The van der Waals surface area contributed by atoms with E-state index in [1.807, 2.05) is 0 Å². The van der Waals surface area contributed by atoms with Crippen molar-refractivity contribution in [3.63, 3.8) is 0 Å².